The van der Waals surface area contributed by atoms with Crippen molar-refractivity contribution in [2.45, 2.75) is 31.8 Å². The number of fused-ring (bicyclic) bond motifs is 1. The molecule has 0 unspecified atom stereocenters. The zero-order valence-corrected chi connectivity index (χ0v) is 21.9. The Hall–Kier alpha value is -4.84. The molecule has 10 nitrogen and oxygen atoms in total. The number of hydrogen-bond acceptors (Lipinski definition) is 10. The predicted molar refractivity (Wildman–Crippen MR) is 148 cm³/mol. The van der Waals surface area contributed by atoms with Crippen LogP contribution in [0.4, 0.5) is 16.1 Å². The summed E-state index contributed by atoms with van der Waals surface area (Å²) in [7, 11) is 0. The molecule has 40 heavy (non-hydrogen) atoms. The Morgan fingerprint density at radius 1 is 1.02 bits per heavy atom. The van der Waals surface area contributed by atoms with Crippen molar-refractivity contribution in [3.05, 3.63) is 88.7 Å². The van der Waals surface area contributed by atoms with E-state index in [-0.39, 0.29) is 17.6 Å². The highest BCUT2D eigenvalue weighted by Gasteiger charge is 2.30. The van der Waals surface area contributed by atoms with Gasteiger partial charge in [-0.3, -0.25) is 4.79 Å². The van der Waals surface area contributed by atoms with Gasteiger partial charge in [0.25, 0.3) is 11.8 Å². The number of halogens is 1. The SMILES string of the molecule is Cc1nc(-c2nnc(N[C@H]3N=C(c4ccccc4)c4cccc(F)c4NC3=O)o2)c(-c2cnc(C3CC3)nc2)s1. The number of nitrogens with one attached hydrogen (secondary N) is 2. The first kappa shape index (κ1) is 24.2. The molecule has 0 bridgehead atoms. The number of aliphatic imine (C=N–C) groups is 1. The van der Waals surface area contributed by atoms with Gasteiger partial charge < -0.3 is 15.1 Å². The Labute approximate surface area is 231 Å². The molecule has 2 aromatic carbocycles. The molecule has 2 aliphatic rings. The normalized spacial score (nSPS) is 16.6. The van der Waals surface area contributed by atoms with E-state index in [4.69, 9.17) is 4.42 Å². The fourth-order valence-electron chi connectivity index (χ4n) is 4.49. The Morgan fingerprint density at radius 2 is 1.82 bits per heavy atom. The monoisotopic (exact) mass is 552 g/mol. The third-order valence-electron chi connectivity index (χ3n) is 6.57. The first-order valence-electron chi connectivity index (χ1n) is 12.7. The molecular formula is C28H21FN8O2S. The summed E-state index contributed by atoms with van der Waals surface area (Å²) in [6.07, 6.45) is 4.66. The molecule has 1 amide bonds. The average molecular weight is 553 g/mol. The molecule has 3 aromatic heterocycles. The van der Waals surface area contributed by atoms with Crippen LogP contribution in [0.5, 0.6) is 0 Å². The Bertz CT molecular complexity index is 1760. The van der Waals surface area contributed by atoms with E-state index in [0.717, 1.165) is 39.7 Å². The van der Waals surface area contributed by atoms with Crippen LogP contribution in [0.2, 0.25) is 0 Å². The summed E-state index contributed by atoms with van der Waals surface area (Å²) in [4.78, 5) is 32.2. The standard InChI is InChI=1S/C28H21FN8O2S/c1-14-32-22(23(40-14)17-12-30-24(31-13-17)16-10-11-16)27-36-37-28(39-27)35-25-26(38)34-21-18(8-5-9-19(21)29)20(33-25)15-6-3-2-4-7-15/h2-9,12-13,16,25H,10-11H2,1H3,(H,34,38)(H,35,37)/t25-/m1/s1. The van der Waals surface area contributed by atoms with Gasteiger partial charge in [0.1, 0.15) is 17.3 Å². The molecule has 5 aromatic rings. The number of anilines is 2. The third-order valence-corrected chi connectivity index (χ3v) is 7.59. The average Bonchev–Trinajstić information content (AvgIpc) is 3.63. The lowest BCUT2D eigenvalue weighted by molar-refractivity contribution is -0.116. The molecule has 198 valence electrons. The Balaban J connectivity index is 1.21. The quantitative estimate of drug-likeness (QED) is 0.294. The van der Waals surface area contributed by atoms with Crippen LogP contribution >= 0.6 is 11.3 Å². The summed E-state index contributed by atoms with van der Waals surface area (Å²) in [5.41, 5.74) is 2.99. The van der Waals surface area contributed by atoms with E-state index < -0.39 is 17.9 Å². The number of rotatable bonds is 6. The van der Waals surface area contributed by atoms with Crippen LogP contribution in [0.3, 0.4) is 0 Å². The summed E-state index contributed by atoms with van der Waals surface area (Å²) < 4.78 is 20.7. The maximum Gasteiger partial charge on any atom is 0.317 e. The fraction of sp³-hybridized carbons (Fsp3) is 0.179. The van der Waals surface area contributed by atoms with E-state index in [1.165, 1.54) is 17.4 Å². The number of aromatic nitrogens is 5. The second kappa shape index (κ2) is 9.72. The molecule has 1 atom stereocenters. The van der Waals surface area contributed by atoms with Gasteiger partial charge in [-0.15, -0.1) is 16.4 Å². The summed E-state index contributed by atoms with van der Waals surface area (Å²) >= 11 is 1.47. The molecule has 2 N–H and O–H groups in total. The van der Waals surface area contributed by atoms with Crippen LogP contribution in [0, 0.1) is 12.7 Å². The first-order chi connectivity index (χ1) is 19.5. The lowest BCUT2D eigenvalue weighted by Gasteiger charge is -2.11. The van der Waals surface area contributed by atoms with Gasteiger partial charge in [0.05, 0.1) is 21.3 Å². The highest BCUT2D eigenvalue weighted by atomic mass is 32.1. The fourth-order valence-corrected chi connectivity index (χ4v) is 5.38. The van der Waals surface area contributed by atoms with Crippen LogP contribution in [0.15, 0.2) is 70.3 Å². The first-order valence-corrected chi connectivity index (χ1v) is 13.5. The van der Waals surface area contributed by atoms with Crippen LogP contribution in [-0.2, 0) is 4.79 Å². The van der Waals surface area contributed by atoms with Crippen LogP contribution in [-0.4, -0.2) is 42.9 Å². The number of para-hydroxylation sites is 1. The number of hydrogen-bond donors (Lipinski definition) is 2. The molecule has 0 saturated heterocycles. The highest BCUT2D eigenvalue weighted by molar-refractivity contribution is 7.15. The van der Waals surface area contributed by atoms with E-state index in [0.29, 0.717) is 22.9 Å². The van der Waals surface area contributed by atoms with E-state index in [9.17, 15) is 9.18 Å². The number of benzene rings is 2. The van der Waals surface area contributed by atoms with E-state index in [2.05, 4.69) is 40.8 Å². The number of carbonyl (C=O) groups is 1. The lowest BCUT2D eigenvalue weighted by Crippen LogP contribution is -2.32. The van der Waals surface area contributed by atoms with Gasteiger partial charge in [0, 0.05) is 35.0 Å². The van der Waals surface area contributed by atoms with Crippen molar-refractivity contribution in [3.63, 3.8) is 0 Å². The molecule has 7 rings (SSSR count). The van der Waals surface area contributed by atoms with Crippen molar-refractivity contribution >= 4 is 34.7 Å². The molecule has 4 heterocycles. The second-order valence-electron chi connectivity index (χ2n) is 9.47. The number of aryl methyl sites for hydroxylation is 1. The number of carbonyl (C=O) groups excluding carboxylic acids is 1. The summed E-state index contributed by atoms with van der Waals surface area (Å²) in [5.74, 6) is 0.349. The number of thiazole rings is 1. The van der Waals surface area contributed by atoms with Gasteiger partial charge in [-0.25, -0.2) is 24.3 Å². The van der Waals surface area contributed by atoms with Gasteiger partial charge in [0.2, 0.25) is 6.17 Å². The minimum absolute atomic E-state index is 0.0327. The summed E-state index contributed by atoms with van der Waals surface area (Å²) in [6.45, 7) is 1.89. The second-order valence-corrected chi connectivity index (χ2v) is 10.7. The number of amides is 1. The van der Waals surface area contributed by atoms with Gasteiger partial charge in [0.15, 0.2) is 0 Å². The molecule has 12 heteroatoms. The van der Waals surface area contributed by atoms with Crippen LogP contribution in [0.1, 0.15) is 40.7 Å². The van der Waals surface area contributed by atoms with Gasteiger partial charge in [-0.2, -0.15) is 0 Å². The van der Waals surface area contributed by atoms with Crippen molar-refractivity contribution < 1.29 is 13.6 Å². The van der Waals surface area contributed by atoms with E-state index >= 15 is 0 Å². The van der Waals surface area contributed by atoms with Gasteiger partial charge >= 0.3 is 6.01 Å². The molecule has 0 spiro atoms. The molecule has 1 saturated carbocycles. The number of nitrogens with zero attached hydrogens (tertiary/aromatic N) is 6. The highest BCUT2D eigenvalue weighted by Crippen LogP contribution is 2.40. The van der Waals surface area contributed by atoms with E-state index in [1.54, 1.807) is 24.5 Å². The molecule has 0 radical (unpaired) electrons. The van der Waals surface area contributed by atoms with Crippen molar-refractivity contribution in [1.82, 2.24) is 25.1 Å². The van der Waals surface area contributed by atoms with Crippen molar-refractivity contribution in [1.29, 1.82) is 0 Å². The Kier molecular flexibility index (Phi) is 5.89. The molecule has 1 aliphatic heterocycles. The van der Waals surface area contributed by atoms with Crippen LogP contribution < -0.4 is 10.6 Å². The zero-order valence-electron chi connectivity index (χ0n) is 21.1. The summed E-state index contributed by atoms with van der Waals surface area (Å²) in [6, 6.07) is 13.8. The van der Waals surface area contributed by atoms with Crippen molar-refractivity contribution in [2.24, 2.45) is 4.99 Å². The Morgan fingerprint density at radius 3 is 2.60 bits per heavy atom. The largest absolute Gasteiger partial charge is 0.402 e. The maximum atomic E-state index is 14.8. The van der Waals surface area contributed by atoms with Crippen LogP contribution in [0.25, 0.3) is 22.0 Å². The summed E-state index contributed by atoms with van der Waals surface area (Å²) in [5, 5.41) is 14.6. The smallest absolute Gasteiger partial charge is 0.317 e. The van der Waals surface area contributed by atoms with Crippen molar-refractivity contribution in [2.75, 3.05) is 10.6 Å². The topological polar surface area (TPSA) is 131 Å². The maximum absolute atomic E-state index is 14.8. The zero-order chi connectivity index (χ0) is 27.2. The minimum atomic E-state index is -1.17. The van der Waals surface area contributed by atoms with Gasteiger partial charge in [-0.05, 0) is 25.8 Å². The molecule has 1 fully saturated rings. The van der Waals surface area contributed by atoms with Gasteiger partial charge in [-0.1, -0.05) is 47.6 Å². The minimum Gasteiger partial charge on any atom is -0.402 e. The third kappa shape index (κ3) is 4.51. The van der Waals surface area contributed by atoms with Crippen molar-refractivity contribution in [3.8, 4) is 22.0 Å². The number of benzodiazepines with no additional fused rings is 1. The molecule has 1 aliphatic carbocycles. The van der Waals surface area contributed by atoms with E-state index in [1.807, 2.05) is 37.3 Å². The lowest BCUT2D eigenvalue weighted by atomic mass is 10.0. The predicted octanol–water partition coefficient (Wildman–Crippen LogP) is 5.20. The molecular weight excluding hydrogens is 531 g/mol.